The Morgan fingerprint density at radius 1 is 0.940 bits per heavy atom. The van der Waals surface area contributed by atoms with Crippen LogP contribution in [0.5, 0.6) is 0 Å². The molecule has 3 heterocycles. The summed E-state index contributed by atoms with van der Waals surface area (Å²) in [5.41, 5.74) is 3.05. The number of nitrogens with one attached hydrogen (secondary N) is 3. The van der Waals surface area contributed by atoms with E-state index in [2.05, 4.69) is 77.8 Å². The second-order valence-electron chi connectivity index (χ2n) is 12.9. The second kappa shape index (κ2) is 17.4. The molecule has 0 spiro atoms. The molecule has 4 atom stereocenters. The van der Waals surface area contributed by atoms with Crippen molar-refractivity contribution in [1.82, 2.24) is 35.1 Å². The number of ether oxygens (including phenoxy) is 1. The van der Waals surface area contributed by atoms with E-state index in [1.54, 1.807) is 6.92 Å². The molecule has 0 saturated carbocycles. The van der Waals surface area contributed by atoms with Gasteiger partial charge in [-0.25, -0.2) is 0 Å². The van der Waals surface area contributed by atoms with Crippen molar-refractivity contribution in [2.75, 3.05) is 31.5 Å². The molecule has 0 unspecified atom stereocenters. The van der Waals surface area contributed by atoms with Crippen LogP contribution in [0.1, 0.15) is 63.7 Å². The predicted octanol–water partition coefficient (Wildman–Crippen LogP) is 2.86. The summed E-state index contributed by atoms with van der Waals surface area (Å²) in [6.07, 6.45) is -3.78. The first-order valence-corrected chi connectivity index (χ1v) is 19.4. The molecule has 1 aliphatic rings. The quantitative estimate of drug-likeness (QED) is 0.108. The maximum absolute atomic E-state index is 13.0. The zero-order chi connectivity index (χ0) is 35.8. The number of rotatable bonds is 16. The van der Waals surface area contributed by atoms with Crippen molar-refractivity contribution in [3.63, 3.8) is 0 Å². The maximum atomic E-state index is 13.0. The average Bonchev–Trinajstić information content (AvgIpc) is 3.66. The fourth-order valence-corrected chi connectivity index (χ4v) is 7.69. The van der Waals surface area contributed by atoms with Gasteiger partial charge in [-0.1, -0.05) is 0 Å². The molecule has 2 aromatic carbocycles. The zero-order valence-corrected chi connectivity index (χ0v) is 31.1. The summed E-state index contributed by atoms with van der Waals surface area (Å²) in [7, 11) is 0. The number of hydrogen-bond donors (Lipinski definition) is 5. The summed E-state index contributed by atoms with van der Waals surface area (Å²) < 4.78 is 7.41. The molecule has 5 rings (SSSR count). The van der Waals surface area contributed by atoms with Crippen LogP contribution in [0.25, 0.3) is 11.2 Å². The van der Waals surface area contributed by atoms with Gasteiger partial charge in [0.2, 0.25) is 0 Å². The summed E-state index contributed by atoms with van der Waals surface area (Å²) in [5, 5.41) is 31.3. The Bertz CT molecular complexity index is 1660. The van der Waals surface area contributed by atoms with Gasteiger partial charge in [0, 0.05) is 0 Å². The van der Waals surface area contributed by atoms with Crippen molar-refractivity contribution in [2.24, 2.45) is 0 Å². The number of nitrogens with zero attached hydrogens (tertiary/aromatic N) is 5. The van der Waals surface area contributed by atoms with E-state index >= 15 is 0 Å². The molecule has 0 aliphatic carbocycles. The van der Waals surface area contributed by atoms with E-state index < -0.39 is 46.2 Å². The van der Waals surface area contributed by atoms with Gasteiger partial charge in [-0.3, -0.25) is 0 Å². The van der Waals surface area contributed by atoms with Gasteiger partial charge in [0.15, 0.2) is 0 Å². The van der Waals surface area contributed by atoms with E-state index in [9.17, 15) is 19.8 Å². The van der Waals surface area contributed by atoms with Crippen LogP contribution >= 0.6 is 0 Å². The number of fused-ring (bicyclic) bond motifs is 1. The number of imidazole rings is 1. The van der Waals surface area contributed by atoms with Crippen molar-refractivity contribution < 1.29 is 24.5 Å². The van der Waals surface area contributed by atoms with E-state index in [-0.39, 0.29) is 10.6 Å². The van der Waals surface area contributed by atoms with Crippen LogP contribution < -0.4 is 16.0 Å². The SMILES string of the molecule is CCNC(=O)[C@H]1O[C@@H](n2cnc3c(NCC(c4ccccc4)c4ccccc4)nc(C[As]C(=O)NCCN(C(C)C)C(C)C)nc32)[C@H](O)[C@@H]1O. The molecule has 50 heavy (non-hydrogen) atoms. The Morgan fingerprint density at radius 3 is 2.18 bits per heavy atom. The topological polar surface area (TPSA) is 167 Å². The molecule has 4 aromatic rings. The fraction of sp³-hybridized carbons (Fsp3) is 0.472. The number of aliphatic hydroxyl groups is 2. The van der Waals surface area contributed by atoms with E-state index in [0.29, 0.717) is 59.7 Å². The van der Waals surface area contributed by atoms with Crippen LogP contribution in [-0.4, -0.2) is 118 Å². The van der Waals surface area contributed by atoms with Gasteiger partial charge in [0.05, 0.1) is 0 Å². The van der Waals surface area contributed by atoms with E-state index in [4.69, 9.17) is 14.7 Å². The van der Waals surface area contributed by atoms with Crippen LogP contribution in [0.15, 0.2) is 67.0 Å². The van der Waals surface area contributed by atoms with Crippen molar-refractivity contribution in [2.45, 2.75) is 82.4 Å². The summed E-state index contributed by atoms with van der Waals surface area (Å²) >= 11 is -0.839. The molecule has 0 bridgehead atoms. The normalized spacial score (nSPS) is 19.4. The molecule has 5 N–H and O–H groups in total. The first-order valence-electron chi connectivity index (χ1n) is 17.2. The third-order valence-corrected chi connectivity index (χ3v) is 10.7. The Morgan fingerprint density at radius 2 is 1.58 bits per heavy atom. The molecule has 1 radical (unpaired) electrons. The Balaban J connectivity index is 1.42. The third-order valence-electron chi connectivity index (χ3n) is 8.80. The monoisotopic (exact) mass is 747 g/mol. The van der Waals surface area contributed by atoms with Gasteiger partial charge in [-0.05, 0) is 0 Å². The van der Waals surface area contributed by atoms with Gasteiger partial charge in [0.1, 0.15) is 0 Å². The second-order valence-corrected chi connectivity index (χ2v) is 15.0. The third kappa shape index (κ3) is 8.88. The van der Waals surface area contributed by atoms with Crippen molar-refractivity contribution in [3.8, 4) is 0 Å². The number of likely N-dealkylation sites (N-methyl/N-ethyl adjacent to an activating group) is 1. The predicted molar refractivity (Wildman–Crippen MR) is 193 cm³/mol. The van der Waals surface area contributed by atoms with E-state index in [0.717, 1.165) is 17.7 Å². The minimum atomic E-state index is -1.45. The summed E-state index contributed by atoms with van der Waals surface area (Å²) in [6, 6.07) is 21.1. The van der Waals surface area contributed by atoms with Gasteiger partial charge < -0.3 is 0 Å². The molecule has 1 aliphatic heterocycles. The number of benzene rings is 2. The van der Waals surface area contributed by atoms with Crippen LogP contribution in [0.4, 0.5) is 10.6 Å². The first-order chi connectivity index (χ1) is 24.1. The number of amides is 2. The van der Waals surface area contributed by atoms with E-state index in [1.807, 2.05) is 36.4 Å². The number of aromatic nitrogens is 4. The molecule has 2 aromatic heterocycles. The van der Waals surface area contributed by atoms with Crippen LogP contribution in [0, 0.1) is 0 Å². The van der Waals surface area contributed by atoms with Gasteiger partial charge in [0.25, 0.3) is 0 Å². The van der Waals surface area contributed by atoms with Crippen LogP contribution in [-0.2, 0) is 14.7 Å². The van der Waals surface area contributed by atoms with Crippen molar-refractivity contribution in [3.05, 3.63) is 83.9 Å². The first kappa shape index (κ1) is 37.4. The zero-order valence-electron chi connectivity index (χ0n) is 29.2. The molecule has 2 amide bonds. The van der Waals surface area contributed by atoms with Gasteiger partial charge in [-0.15, -0.1) is 0 Å². The Labute approximate surface area is 299 Å². The Hall–Kier alpha value is -3.87. The molecule has 1 fully saturated rings. The molecular weight excluding hydrogens is 699 g/mol. The number of hydrogen-bond acceptors (Lipinski definition) is 10. The fourth-order valence-electron chi connectivity index (χ4n) is 6.32. The van der Waals surface area contributed by atoms with Crippen molar-refractivity contribution >= 4 is 43.3 Å². The average molecular weight is 748 g/mol. The van der Waals surface area contributed by atoms with Crippen LogP contribution in [0.2, 0.25) is 0 Å². The molecular formula is C36H48AsN8O5. The number of aliphatic hydroxyl groups excluding tert-OH is 2. The number of carbonyl (C=O) groups excluding carboxylic acids is 2. The standard InChI is InChI=1S/C36H48AsN8O5/c1-6-38-34(48)31-29(46)30(47)35(50-31)45-21-41-28-32(40-20-26(24-13-9-7-10-14-24)25-15-11-8-12-16-25)42-27(43-33(28)45)19-37-36(49)39-17-18-44(22(2)3)23(4)5/h7-16,21-23,26,29-31,35,46-47H,6,17-20H2,1-5H3,(H,38,48)(H,39,49)(H,40,42,43)/t29-,30+,31-,35+/m0/s1. The summed E-state index contributed by atoms with van der Waals surface area (Å²) in [6.45, 7) is 12.5. The van der Waals surface area contributed by atoms with E-state index in [1.165, 1.54) is 10.9 Å². The number of anilines is 1. The molecule has 13 nitrogen and oxygen atoms in total. The van der Waals surface area contributed by atoms with Crippen LogP contribution in [0.3, 0.4) is 0 Å². The summed E-state index contributed by atoms with van der Waals surface area (Å²) in [5.74, 6) is 0.387. The van der Waals surface area contributed by atoms with Gasteiger partial charge >= 0.3 is 301 Å². The molecule has 1 saturated heterocycles. The Kier molecular flexibility index (Phi) is 13.0. The summed E-state index contributed by atoms with van der Waals surface area (Å²) in [4.78, 5) is 42.1. The molecule has 267 valence electrons. The number of carbonyl (C=O) groups is 2. The van der Waals surface area contributed by atoms with Gasteiger partial charge in [-0.2, -0.15) is 0 Å². The van der Waals surface area contributed by atoms with Crippen molar-refractivity contribution in [1.29, 1.82) is 0 Å². The minimum absolute atomic E-state index is 0.00530. The molecule has 14 heteroatoms.